The summed E-state index contributed by atoms with van der Waals surface area (Å²) in [6.45, 7) is 0.509. The summed E-state index contributed by atoms with van der Waals surface area (Å²) in [6.07, 6.45) is 0.994. The second kappa shape index (κ2) is 6.32. The van der Waals surface area contributed by atoms with Crippen molar-refractivity contribution in [2.24, 2.45) is 11.7 Å². The van der Waals surface area contributed by atoms with Crippen molar-refractivity contribution in [2.75, 3.05) is 11.9 Å². The van der Waals surface area contributed by atoms with Crippen LogP contribution in [0.1, 0.15) is 48.2 Å². The van der Waals surface area contributed by atoms with Crippen molar-refractivity contribution in [1.82, 2.24) is 4.98 Å². The van der Waals surface area contributed by atoms with E-state index < -0.39 is 17.8 Å². The molecule has 0 bridgehead atoms. The van der Waals surface area contributed by atoms with Crippen molar-refractivity contribution in [2.45, 2.75) is 38.3 Å². The molecule has 4 nitrogen and oxygen atoms in total. The van der Waals surface area contributed by atoms with Gasteiger partial charge in [-0.25, -0.2) is 4.98 Å². The van der Waals surface area contributed by atoms with E-state index in [4.69, 9.17) is 5.73 Å². The van der Waals surface area contributed by atoms with E-state index in [1.165, 1.54) is 6.42 Å². The molecular weight excluding hydrogens is 283 g/mol. The summed E-state index contributed by atoms with van der Waals surface area (Å²) in [7, 11) is 0. The highest BCUT2D eigenvalue weighted by Gasteiger charge is 2.33. The topological polar surface area (TPSA) is 68.0 Å². The monoisotopic (exact) mass is 301 g/mol. The zero-order valence-electron chi connectivity index (χ0n) is 11.5. The van der Waals surface area contributed by atoms with E-state index in [1.54, 1.807) is 0 Å². The fourth-order valence-corrected chi connectivity index (χ4v) is 2.58. The minimum Gasteiger partial charge on any atom is -0.369 e. The zero-order valence-corrected chi connectivity index (χ0v) is 11.5. The predicted octanol–water partition coefficient (Wildman–Crippen LogP) is 3.19. The number of pyridine rings is 1. The average Bonchev–Trinajstić information content (AvgIpc) is 2.45. The lowest BCUT2D eigenvalue weighted by Gasteiger charge is -2.22. The van der Waals surface area contributed by atoms with E-state index in [2.05, 4.69) is 10.3 Å². The van der Waals surface area contributed by atoms with Crippen molar-refractivity contribution in [1.29, 1.82) is 0 Å². The normalized spacial score (nSPS) is 16.7. The first-order valence-corrected chi connectivity index (χ1v) is 7.00. The van der Waals surface area contributed by atoms with Crippen LogP contribution in [0.15, 0.2) is 12.1 Å². The van der Waals surface area contributed by atoms with Gasteiger partial charge >= 0.3 is 6.18 Å². The minimum absolute atomic E-state index is 0.0150. The number of aromatic nitrogens is 1. The molecule has 0 saturated heterocycles. The van der Waals surface area contributed by atoms with E-state index >= 15 is 0 Å². The van der Waals surface area contributed by atoms with Crippen molar-refractivity contribution in [3.8, 4) is 0 Å². The molecule has 3 N–H and O–H groups in total. The molecule has 0 aliphatic heterocycles. The average molecular weight is 301 g/mol. The van der Waals surface area contributed by atoms with Crippen LogP contribution < -0.4 is 11.1 Å². The number of carbonyl (C=O) groups is 1. The molecule has 0 unspecified atom stereocenters. The summed E-state index contributed by atoms with van der Waals surface area (Å²) < 4.78 is 38.1. The molecule has 1 saturated carbocycles. The third kappa shape index (κ3) is 4.09. The molecule has 21 heavy (non-hydrogen) atoms. The first kappa shape index (κ1) is 15.6. The number of nitrogens with zero attached hydrogens (tertiary/aromatic N) is 1. The van der Waals surface area contributed by atoms with Crippen LogP contribution in [0.3, 0.4) is 0 Å². The van der Waals surface area contributed by atoms with Crippen LogP contribution in [0, 0.1) is 5.92 Å². The van der Waals surface area contributed by atoms with Crippen LogP contribution in [0.4, 0.5) is 19.0 Å². The molecule has 0 aromatic carbocycles. The van der Waals surface area contributed by atoms with E-state index in [0.717, 1.165) is 37.8 Å². The molecule has 1 aromatic heterocycles. The molecule has 0 radical (unpaired) electrons. The van der Waals surface area contributed by atoms with Gasteiger partial charge in [0.05, 0.1) is 5.56 Å². The first-order valence-electron chi connectivity index (χ1n) is 7.00. The highest BCUT2D eigenvalue weighted by molar-refractivity contribution is 5.97. The number of alkyl halides is 3. The largest absolute Gasteiger partial charge is 0.433 e. The lowest BCUT2D eigenvalue weighted by molar-refractivity contribution is -0.141. The molecule has 1 amide bonds. The van der Waals surface area contributed by atoms with Gasteiger partial charge in [-0.1, -0.05) is 19.3 Å². The molecule has 1 aliphatic rings. The standard InChI is InChI=1S/C14H18F3N3O/c15-14(16,17)11-7-6-10(12(18)21)13(20-11)19-8-9-4-2-1-3-5-9/h6-7,9H,1-5,8H2,(H2,18,21)(H,19,20). The minimum atomic E-state index is -4.54. The Morgan fingerprint density at radius 1 is 1.29 bits per heavy atom. The molecule has 1 aromatic rings. The van der Waals surface area contributed by atoms with Crippen LogP contribution in [0.2, 0.25) is 0 Å². The van der Waals surface area contributed by atoms with E-state index in [9.17, 15) is 18.0 Å². The van der Waals surface area contributed by atoms with Crippen LogP contribution in [0.25, 0.3) is 0 Å². The summed E-state index contributed by atoms with van der Waals surface area (Å²) >= 11 is 0. The summed E-state index contributed by atoms with van der Waals surface area (Å²) in [4.78, 5) is 14.8. The van der Waals surface area contributed by atoms with Gasteiger partial charge in [-0.15, -0.1) is 0 Å². The van der Waals surface area contributed by atoms with E-state index in [1.807, 2.05) is 0 Å². The molecule has 2 rings (SSSR count). The molecule has 116 valence electrons. The summed E-state index contributed by atoms with van der Waals surface area (Å²) in [5.74, 6) is -0.471. The molecule has 0 spiro atoms. The first-order chi connectivity index (χ1) is 9.88. The number of primary amides is 1. The Morgan fingerprint density at radius 3 is 2.52 bits per heavy atom. The third-order valence-corrected chi connectivity index (χ3v) is 3.73. The van der Waals surface area contributed by atoms with Gasteiger partial charge in [-0.05, 0) is 30.9 Å². The lowest BCUT2D eigenvalue weighted by Crippen LogP contribution is -2.22. The van der Waals surface area contributed by atoms with E-state index in [-0.39, 0.29) is 11.4 Å². The number of hydrogen-bond donors (Lipinski definition) is 2. The Morgan fingerprint density at radius 2 is 1.95 bits per heavy atom. The van der Waals surface area contributed by atoms with Gasteiger partial charge in [0.15, 0.2) is 0 Å². The summed E-state index contributed by atoms with van der Waals surface area (Å²) in [6, 6.07) is 1.84. The van der Waals surface area contributed by atoms with Gasteiger partial charge in [0.2, 0.25) is 0 Å². The van der Waals surface area contributed by atoms with Crippen LogP contribution in [-0.4, -0.2) is 17.4 Å². The highest BCUT2D eigenvalue weighted by atomic mass is 19.4. The van der Waals surface area contributed by atoms with Gasteiger partial charge in [-0.3, -0.25) is 4.79 Å². The number of anilines is 1. The Hall–Kier alpha value is -1.79. The van der Waals surface area contributed by atoms with Crippen molar-refractivity contribution >= 4 is 11.7 Å². The maximum absolute atomic E-state index is 12.7. The number of amides is 1. The SMILES string of the molecule is NC(=O)c1ccc(C(F)(F)F)nc1NCC1CCCCC1. The Kier molecular flexibility index (Phi) is 4.69. The second-order valence-electron chi connectivity index (χ2n) is 5.34. The van der Waals surface area contributed by atoms with Gasteiger partial charge in [0.1, 0.15) is 11.5 Å². The van der Waals surface area contributed by atoms with Crippen LogP contribution >= 0.6 is 0 Å². The molecule has 1 fully saturated rings. The smallest absolute Gasteiger partial charge is 0.369 e. The molecule has 7 heteroatoms. The number of hydrogen-bond acceptors (Lipinski definition) is 3. The second-order valence-corrected chi connectivity index (χ2v) is 5.34. The number of nitrogens with two attached hydrogens (primary N) is 1. The van der Waals surface area contributed by atoms with Crippen molar-refractivity contribution < 1.29 is 18.0 Å². The summed E-state index contributed by atoms with van der Waals surface area (Å²) in [5, 5.41) is 2.86. The van der Waals surface area contributed by atoms with Crippen LogP contribution in [-0.2, 0) is 6.18 Å². The fraction of sp³-hybridized carbons (Fsp3) is 0.571. The maximum Gasteiger partial charge on any atom is 0.433 e. The van der Waals surface area contributed by atoms with Gasteiger partial charge in [-0.2, -0.15) is 13.2 Å². The van der Waals surface area contributed by atoms with Crippen LogP contribution in [0.5, 0.6) is 0 Å². The number of nitrogens with one attached hydrogen (secondary N) is 1. The van der Waals surface area contributed by atoms with Gasteiger partial charge in [0, 0.05) is 6.54 Å². The molecule has 0 atom stereocenters. The molecule has 1 aliphatic carbocycles. The van der Waals surface area contributed by atoms with Gasteiger partial charge < -0.3 is 11.1 Å². The number of carbonyl (C=O) groups excluding carboxylic acids is 1. The fourth-order valence-electron chi connectivity index (χ4n) is 2.58. The lowest BCUT2D eigenvalue weighted by atomic mass is 9.89. The Balaban J connectivity index is 2.16. The Bertz CT molecular complexity index is 511. The van der Waals surface area contributed by atoms with E-state index in [0.29, 0.717) is 12.5 Å². The maximum atomic E-state index is 12.7. The molecular formula is C14H18F3N3O. The number of rotatable bonds is 4. The third-order valence-electron chi connectivity index (χ3n) is 3.73. The zero-order chi connectivity index (χ0) is 15.5. The van der Waals surface area contributed by atoms with Crippen molar-refractivity contribution in [3.63, 3.8) is 0 Å². The molecule has 1 heterocycles. The van der Waals surface area contributed by atoms with Gasteiger partial charge in [0.25, 0.3) is 5.91 Å². The highest BCUT2D eigenvalue weighted by Crippen LogP contribution is 2.30. The number of halogens is 3. The van der Waals surface area contributed by atoms with Crippen molar-refractivity contribution in [3.05, 3.63) is 23.4 Å². The summed E-state index contributed by atoms with van der Waals surface area (Å²) in [5.41, 5.74) is 4.14. The quantitative estimate of drug-likeness (QED) is 0.897. The Labute approximate surface area is 120 Å². The predicted molar refractivity (Wildman–Crippen MR) is 72.8 cm³/mol.